The molecule has 2 aromatic rings. The monoisotopic (exact) mass is 986 g/mol. The van der Waals surface area contributed by atoms with Crippen LogP contribution in [0.4, 0.5) is 0 Å². The molecule has 0 saturated carbocycles. The van der Waals surface area contributed by atoms with Crippen LogP contribution in [0, 0.1) is 6.92 Å². The highest BCUT2D eigenvalue weighted by Crippen LogP contribution is 2.36. The van der Waals surface area contributed by atoms with Gasteiger partial charge in [-0.2, -0.15) is 0 Å². The van der Waals surface area contributed by atoms with Crippen LogP contribution in [-0.2, 0) is 42.6 Å². The van der Waals surface area contributed by atoms with Gasteiger partial charge in [0, 0.05) is 17.5 Å². The van der Waals surface area contributed by atoms with E-state index in [9.17, 15) is 86.5 Å². The number of aliphatic hydroxyl groups excluding tert-OH is 16. The van der Waals surface area contributed by atoms with Gasteiger partial charge in [-0.05, 0) is 24.6 Å². The lowest BCUT2D eigenvalue weighted by atomic mass is 9.95. The van der Waals surface area contributed by atoms with Gasteiger partial charge >= 0.3 is 5.63 Å². The zero-order valence-corrected chi connectivity index (χ0v) is 35.8. The van der Waals surface area contributed by atoms with E-state index in [2.05, 4.69) is 0 Å². The minimum Gasteiger partial charge on any atom is -0.462 e. The van der Waals surface area contributed by atoms with Crippen molar-refractivity contribution in [2.24, 2.45) is 0 Å². The second-order valence-electron chi connectivity index (χ2n) is 17.0. The molecular formula is C40H58O28. The molecule has 28 nitrogen and oxygen atoms in total. The highest BCUT2D eigenvalue weighted by atomic mass is 16.8. The molecule has 0 amide bonds. The van der Waals surface area contributed by atoms with E-state index in [0.29, 0.717) is 10.9 Å². The van der Waals surface area contributed by atoms with E-state index in [1.54, 1.807) is 13.0 Å². The summed E-state index contributed by atoms with van der Waals surface area (Å²) in [6.45, 7) is -2.89. The molecule has 5 aliphatic rings. The van der Waals surface area contributed by atoms with Crippen LogP contribution in [0.2, 0.25) is 0 Å². The Morgan fingerprint density at radius 2 is 0.765 bits per heavy atom. The molecular weight excluding hydrogens is 928 g/mol. The molecule has 5 aliphatic heterocycles. The molecule has 5 saturated heterocycles. The van der Waals surface area contributed by atoms with E-state index >= 15 is 0 Å². The lowest BCUT2D eigenvalue weighted by Gasteiger charge is -2.49. The fourth-order valence-electron chi connectivity index (χ4n) is 8.63. The number of aryl methyl sites for hydroxylation is 1. The van der Waals surface area contributed by atoms with Crippen molar-refractivity contribution in [3.05, 3.63) is 40.2 Å². The largest absolute Gasteiger partial charge is 0.462 e. The number of fused-ring (bicyclic) bond motifs is 1. The van der Waals surface area contributed by atoms with Crippen LogP contribution in [0.1, 0.15) is 5.56 Å². The highest BCUT2D eigenvalue weighted by molar-refractivity contribution is 5.81. The van der Waals surface area contributed by atoms with Gasteiger partial charge in [-0.3, -0.25) is 0 Å². The first kappa shape index (κ1) is 53.0. The molecule has 0 radical (unpaired) electrons. The summed E-state index contributed by atoms with van der Waals surface area (Å²) in [6, 6.07) is 5.71. The smallest absolute Gasteiger partial charge is 0.336 e. The summed E-state index contributed by atoms with van der Waals surface area (Å²) in [5, 5.41) is 170. The predicted octanol–water partition coefficient (Wildman–Crippen LogP) is -9.42. The Kier molecular flexibility index (Phi) is 17.4. The minimum absolute atomic E-state index is 0.0458. The Hall–Kier alpha value is -2.77. The topological polar surface area (TPSA) is 446 Å². The first-order chi connectivity index (χ1) is 32.3. The average Bonchev–Trinajstić information content (AvgIpc) is 3.32. The molecule has 7 rings (SSSR count). The molecule has 386 valence electrons. The van der Waals surface area contributed by atoms with Gasteiger partial charge in [-0.1, -0.05) is 0 Å². The van der Waals surface area contributed by atoms with Gasteiger partial charge in [-0.15, -0.1) is 0 Å². The minimum atomic E-state index is -2.14. The lowest BCUT2D eigenvalue weighted by Crippen LogP contribution is -2.68. The van der Waals surface area contributed by atoms with Gasteiger partial charge in [0.15, 0.2) is 25.2 Å². The summed E-state index contributed by atoms with van der Waals surface area (Å²) in [7, 11) is 0. The maximum Gasteiger partial charge on any atom is 0.336 e. The Labute approximate surface area is 383 Å². The molecule has 5 fully saturated rings. The standard InChI is InChI=1S/C40H58O28/c1-11-4-20(46)59-14-5-12(2-3-13(11)14)58-36-28(54)23(49)32(16(7-42)61-36)66-38-30(56)25(51)34(18(9-44)63-38)68-40-31(57)26(52)35(19(10-45)64-40)67-39-29(55)24(50)33(17(8-43)62-39)65-37-27(53)22(48)21(47)15(6-41)60-37/h2-5,15-19,21-45,47-57H,6-10H2,1H3/t15-,16-,17-,18-,19-,21-,22+,23-,24-,25-,26-,27-,28-,29-,30-,31-,32-,33-,34-,35-,36-,37+,38+,39+,40+/m1/s1. The summed E-state index contributed by atoms with van der Waals surface area (Å²) in [6.07, 6.45) is -46.1. The summed E-state index contributed by atoms with van der Waals surface area (Å²) in [5.41, 5.74) is 0.157. The molecule has 0 unspecified atom stereocenters. The van der Waals surface area contributed by atoms with Crippen LogP contribution in [0.15, 0.2) is 33.5 Å². The first-order valence-corrected chi connectivity index (χ1v) is 21.5. The molecule has 0 spiro atoms. The Balaban J connectivity index is 0.965. The number of ether oxygens (including phenoxy) is 10. The molecule has 0 aliphatic carbocycles. The molecule has 25 atom stereocenters. The fourth-order valence-corrected chi connectivity index (χ4v) is 8.63. The van der Waals surface area contributed by atoms with E-state index in [4.69, 9.17) is 51.8 Å². The van der Waals surface area contributed by atoms with Gasteiger partial charge in [0.05, 0.1) is 33.0 Å². The summed E-state index contributed by atoms with van der Waals surface area (Å²) in [5.74, 6) is 0.0458. The van der Waals surface area contributed by atoms with Crippen LogP contribution in [0.3, 0.4) is 0 Å². The van der Waals surface area contributed by atoms with Crippen molar-refractivity contribution in [3.8, 4) is 5.75 Å². The van der Waals surface area contributed by atoms with Crippen molar-refractivity contribution in [1.82, 2.24) is 0 Å². The second-order valence-corrected chi connectivity index (χ2v) is 17.0. The SMILES string of the molecule is Cc1cc(=O)oc2cc(O[C@@H]3O[C@H](CO)[C@@H](O[C@@H]4O[C@H](CO)[C@@H](O[C@@H]5O[C@H](CO)[C@@H](O[C@@H]6O[C@H](CO)[C@@H](O[C@@H]7O[C@H](CO)[C@@H](O)[C@H](O)[C@H]7O)[C@H](O)[C@H]6O)[C@H](O)[C@H]5O)[C@H](O)[C@H]4O)[C@H](O)[C@H]3O)ccc12. The molecule has 0 bridgehead atoms. The maximum absolute atomic E-state index is 11.9. The molecule has 1 aromatic heterocycles. The van der Waals surface area contributed by atoms with E-state index in [-0.39, 0.29) is 11.3 Å². The van der Waals surface area contributed by atoms with Gasteiger partial charge in [0.1, 0.15) is 133 Å². The molecule has 1 aromatic carbocycles. The lowest BCUT2D eigenvalue weighted by molar-refractivity contribution is -0.392. The molecule has 28 heteroatoms. The van der Waals surface area contributed by atoms with Crippen molar-refractivity contribution in [3.63, 3.8) is 0 Å². The third-order valence-electron chi connectivity index (χ3n) is 12.5. The molecule has 6 heterocycles. The number of hydrogen-bond donors (Lipinski definition) is 16. The van der Waals surface area contributed by atoms with Crippen molar-refractivity contribution >= 4 is 11.0 Å². The number of rotatable bonds is 15. The van der Waals surface area contributed by atoms with E-state index in [1.807, 2.05) is 0 Å². The van der Waals surface area contributed by atoms with Gasteiger partial charge < -0.3 is 133 Å². The van der Waals surface area contributed by atoms with Crippen LogP contribution < -0.4 is 10.4 Å². The quantitative estimate of drug-likeness (QED) is 0.0737. The maximum atomic E-state index is 11.9. The zero-order chi connectivity index (χ0) is 49.5. The third kappa shape index (κ3) is 10.6. The van der Waals surface area contributed by atoms with Crippen LogP contribution in [-0.4, -0.2) is 268 Å². The van der Waals surface area contributed by atoms with E-state index < -0.39 is 192 Å². The highest BCUT2D eigenvalue weighted by Gasteiger charge is 2.56. The predicted molar refractivity (Wildman–Crippen MR) is 212 cm³/mol. The Morgan fingerprint density at radius 3 is 1.15 bits per heavy atom. The number of benzene rings is 1. The van der Waals surface area contributed by atoms with Gasteiger partial charge in [0.25, 0.3) is 0 Å². The van der Waals surface area contributed by atoms with Crippen LogP contribution in [0.5, 0.6) is 5.75 Å². The normalized spacial score (nSPS) is 45.9. The van der Waals surface area contributed by atoms with E-state index in [1.165, 1.54) is 18.2 Å². The van der Waals surface area contributed by atoms with Gasteiger partial charge in [0.2, 0.25) is 6.29 Å². The fraction of sp³-hybridized carbons (Fsp3) is 0.775. The van der Waals surface area contributed by atoms with E-state index in [0.717, 1.165) is 0 Å². The third-order valence-corrected chi connectivity index (χ3v) is 12.5. The summed E-state index contributed by atoms with van der Waals surface area (Å²) >= 11 is 0. The van der Waals surface area contributed by atoms with Crippen LogP contribution >= 0.6 is 0 Å². The van der Waals surface area contributed by atoms with Crippen LogP contribution in [0.25, 0.3) is 11.0 Å². The number of aliphatic hydroxyl groups is 16. The van der Waals surface area contributed by atoms with Gasteiger partial charge in [-0.25, -0.2) is 4.79 Å². The first-order valence-electron chi connectivity index (χ1n) is 21.5. The number of hydrogen-bond acceptors (Lipinski definition) is 28. The summed E-state index contributed by atoms with van der Waals surface area (Å²) < 4.78 is 61.4. The molecule has 68 heavy (non-hydrogen) atoms. The zero-order valence-electron chi connectivity index (χ0n) is 35.8. The Bertz CT molecular complexity index is 1990. The Morgan fingerprint density at radius 1 is 0.426 bits per heavy atom. The average molecular weight is 987 g/mol. The summed E-state index contributed by atoms with van der Waals surface area (Å²) in [4.78, 5) is 11.9. The van der Waals surface area contributed by atoms with Crippen molar-refractivity contribution < 1.29 is 133 Å². The molecule has 16 N–H and O–H groups in total. The second kappa shape index (κ2) is 22.3. The van der Waals surface area contributed by atoms with Crippen molar-refractivity contribution in [2.45, 2.75) is 160 Å². The van der Waals surface area contributed by atoms with Crippen molar-refractivity contribution in [2.75, 3.05) is 33.0 Å². The van der Waals surface area contributed by atoms with Crippen molar-refractivity contribution in [1.29, 1.82) is 0 Å².